The number of rotatable bonds is 7. The van der Waals surface area contributed by atoms with Gasteiger partial charge in [-0.2, -0.15) is 0 Å². The molecule has 10 heteroatoms. The fourth-order valence-electron chi connectivity index (χ4n) is 2.72. The lowest BCUT2D eigenvalue weighted by Crippen LogP contribution is -2.38. The number of aromatic hydroxyl groups is 2. The number of amides is 1. The summed E-state index contributed by atoms with van der Waals surface area (Å²) in [4.78, 5) is 34.2. The lowest BCUT2D eigenvalue weighted by molar-refractivity contribution is -0.384. The van der Waals surface area contributed by atoms with Crippen LogP contribution in [0.4, 0.5) is 5.69 Å². The molecule has 0 aromatic heterocycles. The molecule has 148 valence electrons. The summed E-state index contributed by atoms with van der Waals surface area (Å²) in [6.45, 7) is 0. The smallest absolute Gasteiger partial charge is 0.313 e. The first-order valence-electron chi connectivity index (χ1n) is 8.01. The molecule has 0 heterocycles. The number of likely N-dealkylation sites (N-methyl/N-ethyl adjacent to an activating group) is 1. The Kier molecular flexibility index (Phi) is 5.96. The zero-order valence-electron chi connectivity index (χ0n) is 14.8. The fourth-order valence-corrected chi connectivity index (χ4v) is 2.72. The van der Waals surface area contributed by atoms with Gasteiger partial charge in [0, 0.05) is 32.0 Å². The Morgan fingerprint density at radius 1 is 1.14 bits per heavy atom. The number of carbonyl (C=O) groups excluding carboxylic acids is 2. The minimum absolute atomic E-state index is 0.00366. The Labute approximate surface area is 159 Å². The lowest BCUT2D eigenvalue weighted by Gasteiger charge is -2.28. The predicted octanol–water partition coefficient (Wildman–Crippen LogP) is 1.24. The van der Waals surface area contributed by atoms with Crippen LogP contribution in [0.25, 0.3) is 0 Å². The predicted molar refractivity (Wildman–Crippen MR) is 94.6 cm³/mol. The number of nitro groups is 1. The molecule has 0 aliphatic heterocycles. The van der Waals surface area contributed by atoms with Gasteiger partial charge in [-0.3, -0.25) is 24.9 Å². The summed E-state index contributed by atoms with van der Waals surface area (Å²) in [7, 11) is 0.951. The van der Waals surface area contributed by atoms with Gasteiger partial charge in [-0.25, -0.2) is 5.06 Å². The number of ketones is 1. The van der Waals surface area contributed by atoms with Crippen molar-refractivity contribution in [2.24, 2.45) is 0 Å². The van der Waals surface area contributed by atoms with Crippen molar-refractivity contribution in [1.29, 1.82) is 0 Å². The molecule has 1 atom stereocenters. The number of benzene rings is 2. The van der Waals surface area contributed by atoms with E-state index in [0.717, 1.165) is 19.2 Å². The monoisotopic (exact) mass is 390 g/mol. The molecule has 2 rings (SSSR count). The van der Waals surface area contributed by atoms with Crippen LogP contribution in [0, 0.1) is 10.1 Å². The van der Waals surface area contributed by atoms with E-state index in [4.69, 9.17) is 5.21 Å². The maximum absolute atomic E-state index is 12.2. The summed E-state index contributed by atoms with van der Waals surface area (Å²) in [6, 6.07) is 8.70. The van der Waals surface area contributed by atoms with E-state index in [-0.39, 0.29) is 22.7 Å². The van der Waals surface area contributed by atoms with Crippen molar-refractivity contribution >= 4 is 17.4 Å². The van der Waals surface area contributed by atoms with Gasteiger partial charge in [0.1, 0.15) is 5.60 Å². The van der Waals surface area contributed by atoms with Gasteiger partial charge in [-0.15, -0.1) is 0 Å². The second-order valence-corrected chi connectivity index (χ2v) is 6.27. The topological polar surface area (TPSA) is 161 Å². The molecule has 0 aliphatic rings. The van der Waals surface area contributed by atoms with Crippen molar-refractivity contribution in [2.75, 3.05) is 7.05 Å². The van der Waals surface area contributed by atoms with Crippen LogP contribution in [0.3, 0.4) is 0 Å². The zero-order valence-corrected chi connectivity index (χ0v) is 14.8. The molecular weight excluding hydrogens is 372 g/mol. The lowest BCUT2D eigenvalue weighted by atomic mass is 9.82. The highest BCUT2D eigenvalue weighted by atomic mass is 16.6. The van der Waals surface area contributed by atoms with Crippen molar-refractivity contribution in [3.8, 4) is 11.5 Å². The summed E-state index contributed by atoms with van der Waals surface area (Å²) in [5.41, 5.74) is -1.99. The first-order chi connectivity index (χ1) is 13.0. The quantitative estimate of drug-likeness (QED) is 0.180. The number of nitrogens with zero attached hydrogens (tertiary/aromatic N) is 2. The zero-order chi connectivity index (χ0) is 21.1. The van der Waals surface area contributed by atoms with E-state index < -0.39 is 40.1 Å². The molecule has 2 aromatic carbocycles. The molecule has 1 amide bonds. The van der Waals surface area contributed by atoms with Crippen LogP contribution in [-0.2, 0) is 21.6 Å². The van der Waals surface area contributed by atoms with Crippen LogP contribution >= 0.6 is 0 Å². The van der Waals surface area contributed by atoms with Crippen molar-refractivity contribution in [1.82, 2.24) is 5.06 Å². The largest absolute Gasteiger partial charge is 0.504 e. The number of carbonyl (C=O) groups is 2. The molecule has 0 spiro atoms. The van der Waals surface area contributed by atoms with Crippen LogP contribution in [0.1, 0.15) is 17.5 Å². The number of hydrogen-bond donors (Lipinski definition) is 4. The molecule has 4 N–H and O–H groups in total. The van der Waals surface area contributed by atoms with E-state index in [9.17, 15) is 35.0 Å². The molecular formula is C18H18N2O8. The number of phenols is 2. The average Bonchev–Trinajstić information content (AvgIpc) is 2.63. The summed E-state index contributed by atoms with van der Waals surface area (Å²) in [5, 5.41) is 50.5. The molecule has 0 radical (unpaired) electrons. The number of non-ortho nitro benzene ring substituents is 1. The van der Waals surface area contributed by atoms with E-state index in [1.807, 2.05) is 0 Å². The van der Waals surface area contributed by atoms with Gasteiger partial charge >= 0.3 is 5.91 Å². The van der Waals surface area contributed by atoms with Crippen LogP contribution < -0.4 is 0 Å². The third-order valence-corrected chi connectivity index (χ3v) is 4.12. The van der Waals surface area contributed by atoms with E-state index in [0.29, 0.717) is 5.56 Å². The summed E-state index contributed by atoms with van der Waals surface area (Å²) in [6.07, 6.45) is -1.09. The molecule has 0 saturated heterocycles. The highest BCUT2D eigenvalue weighted by Gasteiger charge is 2.36. The van der Waals surface area contributed by atoms with E-state index in [2.05, 4.69) is 0 Å². The maximum Gasteiger partial charge on any atom is 0.313 e. The van der Waals surface area contributed by atoms with Gasteiger partial charge < -0.3 is 15.3 Å². The van der Waals surface area contributed by atoms with Crippen molar-refractivity contribution in [3.63, 3.8) is 0 Å². The first-order valence-corrected chi connectivity index (χ1v) is 8.01. The number of nitro benzene ring substituents is 1. The normalized spacial score (nSPS) is 12.8. The standard InChI is InChI=1S/C18H18N2O8/c1-19(26)17(24)16(23)10-18(25,12-5-6-14(21)15(22)8-12)9-11-3-2-4-13(7-11)20(27)28/h2-8,21-22,25-26H,9-10H2,1H3. The number of Topliss-reactive ketones (excluding diaryl/α,β-unsaturated/α-hetero) is 1. The third-order valence-electron chi connectivity index (χ3n) is 4.12. The van der Waals surface area contributed by atoms with Crippen LogP contribution in [0.5, 0.6) is 11.5 Å². The Hall–Kier alpha value is -3.50. The van der Waals surface area contributed by atoms with Gasteiger partial charge in [-0.05, 0) is 23.3 Å². The Morgan fingerprint density at radius 3 is 2.39 bits per heavy atom. The number of hydroxylamine groups is 2. The van der Waals surface area contributed by atoms with Crippen molar-refractivity contribution in [3.05, 3.63) is 63.7 Å². The average molecular weight is 390 g/mol. The Morgan fingerprint density at radius 2 is 1.82 bits per heavy atom. The molecule has 0 bridgehead atoms. The first kappa shape index (κ1) is 20.8. The third kappa shape index (κ3) is 4.61. The van der Waals surface area contributed by atoms with Crippen molar-refractivity contribution < 1.29 is 35.0 Å². The number of aliphatic hydroxyl groups is 1. The number of hydrogen-bond acceptors (Lipinski definition) is 8. The molecule has 10 nitrogen and oxygen atoms in total. The minimum atomic E-state index is -2.05. The molecule has 2 aromatic rings. The second kappa shape index (κ2) is 8.03. The van der Waals surface area contributed by atoms with Crippen LogP contribution in [0.15, 0.2) is 42.5 Å². The summed E-state index contributed by atoms with van der Waals surface area (Å²) >= 11 is 0. The van der Waals surface area contributed by atoms with Gasteiger partial charge in [0.25, 0.3) is 5.69 Å². The van der Waals surface area contributed by atoms with Gasteiger partial charge in [0.05, 0.1) is 4.92 Å². The Balaban J connectivity index is 2.47. The van der Waals surface area contributed by atoms with Gasteiger partial charge in [0.15, 0.2) is 11.5 Å². The molecule has 0 aliphatic carbocycles. The van der Waals surface area contributed by atoms with E-state index >= 15 is 0 Å². The minimum Gasteiger partial charge on any atom is -0.504 e. The molecule has 0 fully saturated rings. The molecule has 0 saturated carbocycles. The van der Waals surface area contributed by atoms with E-state index in [1.54, 1.807) is 0 Å². The highest BCUT2D eigenvalue weighted by molar-refractivity contribution is 6.35. The summed E-state index contributed by atoms with van der Waals surface area (Å²) in [5.74, 6) is -3.40. The SMILES string of the molecule is CN(O)C(=O)C(=O)CC(O)(Cc1cccc([N+](=O)[O-])c1)c1ccc(O)c(O)c1. The van der Waals surface area contributed by atoms with E-state index in [1.165, 1.54) is 30.3 Å². The van der Waals surface area contributed by atoms with Crippen LogP contribution in [-0.4, -0.2) is 49.3 Å². The fraction of sp³-hybridized carbons (Fsp3) is 0.222. The van der Waals surface area contributed by atoms with Crippen LogP contribution in [0.2, 0.25) is 0 Å². The Bertz CT molecular complexity index is 928. The van der Waals surface area contributed by atoms with Gasteiger partial charge in [0.2, 0.25) is 5.78 Å². The number of phenolic OH excluding ortho intramolecular Hbond substituents is 2. The van der Waals surface area contributed by atoms with Crippen molar-refractivity contribution in [2.45, 2.75) is 18.4 Å². The van der Waals surface area contributed by atoms with Gasteiger partial charge in [-0.1, -0.05) is 18.2 Å². The molecule has 1 unspecified atom stereocenters. The second-order valence-electron chi connectivity index (χ2n) is 6.27. The highest BCUT2D eigenvalue weighted by Crippen LogP contribution is 2.35. The molecule has 28 heavy (non-hydrogen) atoms. The maximum atomic E-state index is 12.2. The summed E-state index contributed by atoms with van der Waals surface area (Å²) < 4.78 is 0.